The quantitative estimate of drug-likeness (QED) is 0.774. The molecule has 0 aromatic carbocycles. The zero-order valence-corrected chi connectivity index (χ0v) is 9.84. The maximum atomic E-state index is 11.4. The van der Waals surface area contributed by atoms with Crippen molar-refractivity contribution in [2.45, 2.75) is 26.2 Å². The number of aromatic nitrogens is 1. The number of aryl methyl sites for hydroxylation is 1. The normalized spacial score (nSPS) is 10.1. The minimum atomic E-state index is -0.915. The summed E-state index contributed by atoms with van der Waals surface area (Å²) in [7, 11) is 0. The number of nitrogens with one attached hydrogen (secondary N) is 1. The van der Waals surface area contributed by atoms with Gasteiger partial charge in [-0.25, -0.2) is 4.98 Å². The summed E-state index contributed by atoms with van der Waals surface area (Å²) in [6.07, 6.45) is 1.03. The molecule has 0 saturated heterocycles. The number of hydrogen-bond acceptors (Lipinski definition) is 4. The molecule has 2 N–H and O–H groups in total. The fourth-order valence-corrected chi connectivity index (χ4v) is 1.87. The van der Waals surface area contributed by atoms with E-state index in [2.05, 4.69) is 10.3 Å². The Hall–Kier alpha value is -1.43. The smallest absolute Gasteiger partial charge is 0.305 e. The molecule has 16 heavy (non-hydrogen) atoms. The van der Waals surface area contributed by atoms with Gasteiger partial charge in [-0.15, -0.1) is 11.3 Å². The van der Waals surface area contributed by atoms with Gasteiger partial charge in [-0.3, -0.25) is 9.59 Å². The lowest BCUT2D eigenvalue weighted by Gasteiger charge is -2.00. The van der Waals surface area contributed by atoms with Crippen LogP contribution >= 0.6 is 11.3 Å². The largest absolute Gasteiger partial charge is 0.481 e. The molecule has 1 aromatic heterocycles. The molecule has 1 amide bonds. The van der Waals surface area contributed by atoms with Crippen LogP contribution in [0.1, 0.15) is 24.0 Å². The predicted molar refractivity (Wildman–Crippen MR) is 60.5 cm³/mol. The molecular formula is C10H14N2O3S. The summed E-state index contributed by atoms with van der Waals surface area (Å²) in [5.41, 5.74) is 0.745. The van der Waals surface area contributed by atoms with Crippen molar-refractivity contribution in [1.82, 2.24) is 10.3 Å². The SMILES string of the molecule is CCc1nc(CC(=O)NCCC(=O)O)cs1. The molecule has 0 aliphatic rings. The van der Waals surface area contributed by atoms with Gasteiger partial charge in [0.15, 0.2) is 0 Å². The molecule has 0 atom stereocenters. The van der Waals surface area contributed by atoms with Crippen molar-refractivity contribution in [1.29, 1.82) is 0 Å². The van der Waals surface area contributed by atoms with Crippen molar-refractivity contribution < 1.29 is 14.7 Å². The van der Waals surface area contributed by atoms with E-state index in [1.807, 2.05) is 12.3 Å². The molecule has 0 spiro atoms. The van der Waals surface area contributed by atoms with Crippen LogP contribution in [0, 0.1) is 0 Å². The highest BCUT2D eigenvalue weighted by atomic mass is 32.1. The van der Waals surface area contributed by atoms with Gasteiger partial charge in [-0.1, -0.05) is 6.92 Å². The first kappa shape index (κ1) is 12.6. The molecular weight excluding hydrogens is 228 g/mol. The van der Waals surface area contributed by atoms with Crippen molar-refractivity contribution in [3.63, 3.8) is 0 Å². The summed E-state index contributed by atoms with van der Waals surface area (Å²) in [6, 6.07) is 0. The Kier molecular flexibility index (Phi) is 4.91. The Labute approximate surface area is 97.5 Å². The zero-order chi connectivity index (χ0) is 12.0. The Morgan fingerprint density at radius 3 is 2.88 bits per heavy atom. The number of aliphatic carboxylic acids is 1. The summed E-state index contributed by atoms with van der Waals surface area (Å²) in [5.74, 6) is -1.10. The van der Waals surface area contributed by atoms with Crippen LogP contribution in [-0.4, -0.2) is 28.5 Å². The number of rotatable bonds is 6. The van der Waals surface area contributed by atoms with Gasteiger partial charge in [-0.2, -0.15) is 0 Å². The second-order valence-electron chi connectivity index (χ2n) is 3.26. The van der Waals surface area contributed by atoms with Crippen molar-refractivity contribution in [3.8, 4) is 0 Å². The number of hydrogen-bond donors (Lipinski definition) is 2. The minimum Gasteiger partial charge on any atom is -0.481 e. The van der Waals surface area contributed by atoms with Crippen LogP contribution in [0.15, 0.2) is 5.38 Å². The molecule has 0 aliphatic heterocycles. The lowest BCUT2D eigenvalue weighted by Crippen LogP contribution is -2.27. The van der Waals surface area contributed by atoms with Crippen LogP contribution in [0.3, 0.4) is 0 Å². The van der Waals surface area contributed by atoms with Gasteiger partial charge in [0, 0.05) is 11.9 Å². The molecule has 0 aliphatic carbocycles. The first-order valence-corrected chi connectivity index (χ1v) is 5.91. The number of carbonyl (C=O) groups excluding carboxylic acids is 1. The molecule has 1 rings (SSSR count). The Balaban J connectivity index is 2.31. The highest BCUT2D eigenvalue weighted by Crippen LogP contribution is 2.10. The third kappa shape index (κ3) is 4.39. The zero-order valence-electron chi connectivity index (χ0n) is 9.02. The molecule has 1 aromatic rings. The van der Waals surface area contributed by atoms with Gasteiger partial charge in [0.25, 0.3) is 0 Å². The topological polar surface area (TPSA) is 79.3 Å². The molecule has 1 heterocycles. The fraction of sp³-hybridized carbons (Fsp3) is 0.500. The number of carboxylic acid groups (broad SMARTS) is 1. The van der Waals surface area contributed by atoms with E-state index in [9.17, 15) is 9.59 Å². The van der Waals surface area contributed by atoms with Crippen LogP contribution in [-0.2, 0) is 22.4 Å². The third-order valence-corrected chi connectivity index (χ3v) is 2.95. The fourth-order valence-electron chi connectivity index (χ4n) is 1.13. The molecule has 0 unspecified atom stereocenters. The second-order valence-corrected chi connectivity index (χ2v) is 4.20. The van der Waals surface area contributed by atoms with Crippen molar-refractivity contribution in [3.05, 3.63) is 16.1 Å². The van der Waals surface area contributed by atoms with E-state index in [0.717, 1.165) is 17.1 Å². The first-order chi connectivity index (χ1) is 7.61. The number of carboxylic acids is 1. The lowest BCUT2D eigenvalue weighted by molar-refractivity contribution is -0.136. The second kappa shape index (κ2) is 6.22. The Morgan fingerprint density at radius 1 is 1.56 bits per heavy atom. The Morgan fingerprint density at radius 2 is 2.31 bits per heavy atom. The Bertz CT molecular complexity index is 376. The van der Waals surface area contributed by atoms with Crippen LogP contribution in [0.5, 0.6) is 0 Å². The first-order valence-electron chi connectivity index (χ1n) is 5.03. The summed E-state index contributed by atoms with van der Waals surface area (Å²) >= 11 is 1.54. The van der Waals surface area contributed by atoms with E-state index in [1.54, 1.807) is 0 Å². The van der Waals surface area contributed by atoms with Crippen LogP contribution in [0.25, 0.3) is 0 Å². The van der Waals surface area contributed by atoms with Crippen LogP contribution < -0.4 is 5.32 Å². The van der Waals surface area contributed by atoms with E-state index in [1.165, 1.54) is 11.3 Å². The van der Waals surface area contributed by atoms with Crippen molar-refractivity contribution in [2.75, 3.05) is 6.54 Å². The van der Waals surface area contributed by atoms with Crippen LogP contribution in [0.4, 0.5) is 0 Å². The lowest BCUT2D eigenvalue weighted by atomic mass is 10.3. The van der Waals surface area contributed by atoms with Gasteiger partial charge in [0.05, 0.1) is 23.5 Å². The predicted octanol–water partition coefficient (Wildman–Crippen LogP) is 0.839. The highest BCUT2D eigenvalue weighted by molar-refractivity contribution is 7.09. The van der Waals surface area contributed by atoms with Crippen molar-refractivity contribution in [2.24, 2.45) is 0 Å². The van der Waals surface area contributed by atoms with E-state index < -0.39 is 5.97 Å². The summed E-state index contributed by atoms with van der Waals surface area (Å²) in [6.45, 7) is 2.18. The third-order valence-electron chi connectivity index (χ3n) is 1.90. The minimum absolute atomic E-state index is 0.0526. The molecule has 6 heteroatoms. The van der Waals surface area contributed by atoms with Crippen molar-refractivity contribution >= 4 is 23.2 Å². The van der Waals surface area contributed by atoms with Gasteiger partial charge < -0.3 is 10.4 Å². The van der Waals surface area contributed by atoms with E-state index in [4.69, 9.17) is 5.11 Å². The van der Waals surface area contributed by atoms with Gasteiger partial charge in [0.1, 0.15) is 0 Å². The van der Waals surface area contributed by atoms with E-state index >= 15 is 0 Å². The van der Waals surface area contributed by atoms with Gasteiger partial charge >= 0.3 is 5.97 Å². The number of thiazole rings is 1. The monoisotopic (exact) mass is 242 g/mol. The maximum Gasteiger partial charge on any atom is 0.305 e. The molecule has 0 saturated carbocycles. The number of nitrogens with zero attached hydrogens (tertiary/aromatic N) is 1. The highest BCUT2D eigenvalue weighted by Gasteiger charge is 2.07. The van der Waals surface area contributed by atoms with Gasteiger partial charge in [0.2, 0.25) is 5.91 Å². The number of carbonyl (C=O) groups is 2. The average Bonchev–Trinajstić information content (AvgIpc) is 2.65. The molecule has 0 fully saturated rings. The average molecular weight is 242 g/mol. The van der Waals surface area contributed by atoms with Crippen LogP contribution in [0.2, 0.25) is 0 Å². The van der Waals surface area contributed by atoms with E-state index in [0.29, 0.717) is 0 Å². The molecule has 0 bridgehead atoms. The molecule has 0 radical (unpaired) electrons. The number of amides is 1. The standard InChI is InChI=1S/C10H14N2O3S/c1-2-9-12-7(6-16-9)5-8(13)11-4-3-10(14)15/h6H,2-5H2,1H3,(H,11,13)(H,14,15). The maximum absolute atomic E-state index is 11.4. The van der Waals surface area contributed by atoms with E-state index in [-0.39, 0.29) is 25.3 Å². The molecule has 5 nitrogen and oxygen atoms in total. The summed E-state index contributed by atoms with van der Waals surface area (Å²) < 4.78 is 0. The summed E-state index contributed by atoms with van der Waals surface area (Å²) in [5, 5.41) is 13.8. The van der Waals surface area contributed by atoms with Gasteiger partial charge in [-0.05, 0) is 6.42 Å². The summed E-state index contributed by atoms with van der Waals surface area (Å²) in [4.78, 5) is 25.8. The molecule has 88 valence electrons.